The second kappa shape index (κ2) is 5.18. The zero-order valence-electron chi connectivity index (χ0n) is 6.98. The van der Waals surface area contributed by atoms with Crippen LogP contribution in [0.25, 0.3) is 0 Å². The van der Waals surface area contributed by atoms with Crippen LogP contribution in [0.4, 0.5) is 0 Å². The summed E-state index contributed by atoms with van der Waals surface area (Å²) in [6.07, 6.45) is 1.74. The molecule has 1 fully saturated rings. The predicted octanol–water partition coefficient (Wildman–Crippen LogP) is 1.01. The molecule has 5 heteroatoms. The van der Waals surface area contributed by atoms with Gasteiger partial charge in [-0.25, -0.2) is 0 Å². The fraction of sp³-hybridized carbons (Fsp3) is 0.571. The van der Waals surface area contributed by atoms with Gasteiger partial charge in [-0.1, -0.05) is 6.58 Å². The van der Waals surface area contributed by atoms with Gasteiger partial charge in [0.1, 0.15) is 6.79 Å². The number of nitrogens with zero attached hydrogens (tertiary/aromatic N) is 1. The summed E-state index contributed by atoms with van der Waals surface area (Å²) in [7, 11) is -2.22. The molecule has 1 saturated heterocycles. The third-order valence-electron chi connectivity index (χ3n) is 1.67. The van der Waals surface area contributed by atoms with Crippen LogP contribution in [-0.4, -0.2) is 45.4 Å². The third kappa shape index (κ3) is 3.75. The standard InChI is InChI=1S/C6H13NO2S.CH2O/c1-2-7-3-5-10(8,9)6-4-7;1-2/h2,8-9H,1,3-6H2;1H2. The van der Waals surface area contributed by atoms with Crippen molar-refractivity contribution in [1.29, 1.82) is 0 Å². The van der Waals surface area contributed by atoms with Gasteiger partial charge in [0.05, 0.1) is 11.5 Å². The molecule has 0 atom stereocenters. The summed E-state index contributed by atoms with van der Waals surface area (Å²) < 4.78 is 18.3. The highest BCUT2D eigenvalue weighted by Gasteiger charge is 2.19. The Bertz CT molecular complexity index is 142. The van der Waals surface area contributed by atoms with Crippen molar-refractivity contribution in [2.45, 2.75) is 0 Å². The molecule has 1 heterocycles. The second-order valence-electron chi connectivity index (χ2n) is 2.43. The number of carbonyl (C=O) groups excluding carboxylic acids is 1. The van der Waals surface area contributed by atoms with Crippen LogP contribution in [0.2, 0.25) is 0 Å². The van der Waals surface area contributed by atoms with Crippen molar-refractivity contribution in [2.75, 3.05) is 24.6 Å². The molecule has 0 aromatic rings. The first kappa shape index (κ1) is 11.5. The molecule has 0 saturated carbocycles. The number of hydrogen-bond acceptors (Lipinski definition) is 4. The first-order valence-corrected chi connectivity index (χ1v) is 5.42. The molecule has 0 unspecified atom stereocenters. The molecule has 0 radical (unpaired) electrons. The van der Waals surface area contributed by atoms with Crippen molar-refractivity contribution in [3.8, 4) is 0 Å². The minimum Gasteiger partial charge on any atom is -0.375 e. The highest BCUT2D eigenvalue weighted by atomic mass is 32.3. The van der Waals surface area contributed by atoms with E-state index in [0.717, 1.165) is 13.1 Å². The predicted molar refractivity (Wildman–Crippen MR) is 51.5 cm³/mol. The van der Waals surface area contributed by atoms with Crippen LogP contribution in [0.15, 0.2) is 12.8 Å². The second-order valence-corrected chi connectivity index (χ2v) is 4.85. The summed E-state index contributed by atoms with van der Waals surface area (Å²) in [4.78, 5) is 10.00. The molecule has 0 aliphatic carbocycles. The van der Waals surface area contributed by atoms with Crippen LogP contribution in [0.3, 0.4) is 0 Å². The average Bonchev–Trinajstić information content (AvgIpc) is 2.08. The Morgan fingerprint density at radius 2 is 1.67 bits per heavy atom. The molecule has 72 valence electrons. The lowest BCUT2D eigenvalue weighted by molar-refractivity contribution is -0.0979. The average molecular weight is 193 g/mol. The highest BCUT2D eigenvalue weighted by molar-refractivity contribution is 8.24. The highest BCUT2D eigenvalue weighted by Crippen LogP contribution is 2.40. The molecule has 1 rings (SSSR count). The van der Waals surface area contributed by atoms with E-state index >= 15 is 0 Å². The molecule has 0 amide bonds. The quantitative estimate of drug-likeness (QED) is 0.652. The lowest BCUT2D eigenvalue weighted by Crippen LogP contribution is -2.34. The van der Waals surface area contributed by atoms with Crippen molar-refractivity contribution in [1.82, 2.24) is 4.90 Å². The van der Waals surface area contributed by atoms with Gasteiger partial charge in [0.2, 0.25) is 0 Å². The smallest absolute Gasteiger partial charge is 0.106 e. The van der Waals surface area contributed by atoms with E-state index in [1.54, 1.807) is 6.20 Å². The summed E-state index contributed by atoms with van der Waals surface area (Å²) in [6, 6.07) is 0. The van der Waals surface area contributed by atoms with E-state index in [4.69, 9.17) is 13.9 Å². The normalized spacial score (nSPS) is 23.3. The topological polar surface area (TPSA) is 60.8 Å². The van der Waals surface area contributed by atoms with E-state index in [-0.39, 0.29) is 0 Å². The van der Waals surface area contributed by atoms with Gasteiger partial charge >= 0.3 is 0 Å². The zero-order valence-corrected chi connectivity index (χ0v) is 7.79. The minimum absolute atomic E-state index is 0.499. The van der Waals surface area contributed by atoms with Gasteiger partial charge in [-0.2, -0.15) is 10.6 Å². The van der Waals surface area contributed by atoms with Gasteiger partial charge in [-0.15, -0.1) is 0 Å². The fourth-order valence-corrected chi connectivity index (χ4v) is 2.18. The van der Waals surface area contributed by atoms with Crippen LogP contribution < -0.4 is 0 Å². The third-order valence-corrected chi connectivity index (χ3v) is 3.34. The fourth-order valence-electron chi connectivity index (χ4n) is 0.923. The minimum atomic E-state index is -2.22. The van der Waals surface area contributed by atoms with Crippen molar-refractivity contribution in [3.63, 3.8) is 0 Å². The van der Waals surface area contributed by atoms with Crippen LogP contribution in [-0.2, 0) is 4.79 Å². The largest absolute Gasteiger partial charge is 0.375 e. The van der Waals surface area contributed by atoms with Gasteiger partial charge in [0, 0.05) is 13.1 Å². The molecule has 12 heavy (non-hydrogen) atoms. The summed E-state index contributed by atoms with van der Waals surface area (Å²) in [5.74, 6) is 0.998. The van der Waals surface area contributed by atoms with Crippen molar-refractivity contribution in [3.05, 3.63) is 12.8 Å². The Labute approximate surface area is 74.2 Å². The Morgan fingerprint density at radius 3 is 2.00 bits per heavy atom. The first-order chi connectivity index (χ1) is 5.64. The Morgan fingerprint density at radius 1 is 1.25 bits per heavy atom. The van der Waals surface area contributed by atoms with E-state index in [1.807, 2.05) is 11.7 Å². The number of hydrogen-bond donors (Lipinski definition) is 2. The van der Waals surface area contributed by atoms with Crippen LogP contribution in [0, 0.1) is 0 Å². The molecule has 0 aromatic heterocycles. The summed E-state index contributed by atoms with van der Waals surface area (Å²) in [5.41, 5.74) is 0. The van der Waals surface area contributed by atoms with E-state index in [9.17, 15) is 0 Å². The van der Waals surface area contributed by atoms with E-state index in [1.165, 1.54) is 0 Å². The SMILES string of the molecule is C=CN1CCS(O)(O)CC1.C=O. The monoisotopic (exact) mass is 193 g/mol. The summed E-state index contributed by atoms with van der Waals surface area (Å²) in [6.45, 7) is 7.06. The lowest BCUT2D eigenvalue weighted by Gasteiger charge is -2.40. The molecule has 0 aromatic carbocycles. The maximum Gasteiger partial charge on any atom is 0.106 e. The molecular weight excluding hydrogens is 178 g/mol. The Balaban J connectivity index is 0.000000561. The first-order valence-electron chi connectivity index (χ1n) is 3.53. The maximum absolute atomic E-state index is 9.17. The van der Waals surface area contributed by atoms with E-state index < -0.39 is 10.6 Å². The number of rotatable bonds is 1. The van der Waals surface area contributed by atoms with Gasteiger partial charge in [-0.05, 0) is 6.20 Å². The van der Waals surface area contributed by atoms with E-state index in [0.29, 0.717) is 11.5 Å². The summed E-state index contributed by atoms with van der Waals surface area (Å²) >= 11 is 0. The molecule has 0 bridgehead atoms. The number of carbonyl (C=O) groups is 1. The van der Waals surface area contributed by atoms with Crippen molar-refractivity contribution < 1.29 is 13.9 Å². The van der Waals surface area contributed by atoms with Gasteiger partial charge in [0.15, 0.2) is 0 Å². The van der Waals surface area contributed by atoms with Gasteiger partial charge < -0.3 is 9.69 Å². The molecule has 2 N–H and O–H groups in total. The molecule has 1 aliphatic rings. The van der Waals surface area contributed by atoms with Gasteiger partial charge in [0.25, 0.3) is 0 Å². The molecule has 0 spiro atoms. The van der Waals surface area contributed by atoms with Crippen molar-refractivity contribution >= 4 is 17.4 Å². The van der Waals surface area contributed by atoms with Crippen molar-refractivity contribution in [2.24, 2.45) is 0 Å². The molecule has 4 nitrogen and oxygen atoms in total. The Kier molecular flexibility index (Phi) is 4.96. The van der Waals surface area contributed by atoms with Gasteiger partial charge in [-0.3, -0.25) is 9.11 Å². The zero-order chi connectivity index (χ0) is 9.61. The molecular formula is C7H15NO3S. The lowest BCUT2D eigenvalue weighted by atomic mass is 10.5. The van der Waals surface area contributed by atoms with Crippen LogP contribution in [0.5, 0.6) is 0 Å². The maximum atomic E-state index is 9.17. The van der Waals surface area contributed by atoms with E-state index in [2.05, 4.69) is 6.58 Å². The Hall–Kier alpha value is -0.520. The molecule has 1 aliphatic heterocycles. The van der Waals surface area contributed by atoms with Crippen LogP contribution in [0.1, 0.15) is 0 Å². The summed E-state index contributed by atoms with van der Waals surface area (Å²) in [5, 5.41) is 0. The van der Waals surface area contributed by atoms with Crippen LogP contribution >= 0.6 is 10.6 Å².